The summed E-state index contributed by atoms with van der Waals surface area (Å²) in [6, 6.07) is 3.66. The maximum atomic E-state index is 11.9. The van der Waals surface area contributed by atoms with E-state index < -0.39 is 5.97 Å². The average Bonchev–Trinajstić information content (AvgIpc) is 3.26. The highest BCUT2D eigenvalue weighted by Crippen LogP contribution is 2.33. The predicted molar refractivity (Wildman–Crippen MR) is 85.1 cm³/mol. The fourth-order valence-electron chi connectivity index (χ4n) is 2.94. The molecule has 0 aromatic carbocycles. The summed E-state index contributed by atoms with van der Waals surface area (Å²) in [7, 11) is 0. The third-order valence-corrected chi connectivity index (χ3v) is 4.41. The SMILES string of the molecule is O=C(O)CN(CC1CC1)C1CC(NC(=O)Nc2cccnc2)C1. The van der Waals surface area contributed by atoms with Gasteiger partial charge in [-0.15, -0.1) is 0 Å². The number of anilines is 1. The molecule has 124 valence electrons. The van der Waals surface area contributed by atoms with E-state index in [4.69, 9.17) is 5.11 Å². The van der Waals surface area contributed by atoms with Gasteiger partial charge >= 0.3 is 12.0 Å². The lowest BCUT2D eigenvalue weighted by Gasteiger charge is -2.42. The molecule has 2 aliphatic carbocycles. The second-order valence-electron chi connectivity index (χ2n) is 6.43. The summed E-state index contributed by atoms with van der Waals surface area (Å²) in [5.74, 6) is -0.119. The summed E-state index contributed by atoms with van der Waals surface area (Å²) in [5.41, 5.74) is 0.655. The Kier molecular flexibility index (Phi) is 4.76. The van der Waals surface area contributed by atoms with E-state index in [0.29, 0.717) is 11.6 Å². The van der Waals surface area contributed by atoms with Crippen LogP contribution in [-0.4, -0.2) is 52.2 Å². The molecule has 7 nitrogen and oxygen atoms in total. The van der Waals surface area contributed by atoms with Crippen LogP contribution in [0, 0.1) is 5.92 Å². The number of nitrogens with one attached hydrogen (secondary N) is 2. The molecule has 0 bridgehead atoms. The molecule has 0 atom stereocenters. The summed E-state index contributed by atoms with van der Waals surface area (Å²) < 4.78 is 0. The number of amides is 2. The van der Waals surface area contributed by atoms with Crippen LogP contribution < -0.4 is 10.6 Å². The van der Waals surface area contributed by atoms with Crippen LogP contribution in [0.3, 0.4) is 0 Å². The first-order valence-electron chi connectivity index (χ1n) is 8.03. The molecule has 0 aliphatic heterocycles. The van der Waals surface area contributed by atoms with Gasteiger partial charge in [-0.1, -0.05) is 0 Å². The molecule has 0 radical (unpaired) electrons. The van der Waals surface area contributed by atoms with Crippen LogP contribution in [0.4, 0.5) is 10.5 Å². The van der Waals surface area contributed by atoms with E-state index in [9.17, 15) is 9.59 Å². The predicted octanol–water partition coefficient (Wildman–Crippen LogP) is 1.53. The maximum Gasteiger partial charge on any atom is 0.319 e. The molecule has 2 saturated carbocycles. The fraction of sp³-hybridized carbons (Fsp3) is 0.562. The average molecular weight is 318 g/mol. The van der Waals surface area contributed by atoms with Crippen LogP contribution in [-0.2, 0) is 4.79 Å². The lowest BCUT2D eigenvalue weighted by molar-refractivity contribution is -0.139. The molecule has 0 spiro atoms. The van der Waals surface area contributed by atoms with E-state index in [2.05, 4.69) is 20.5 Å². The van der Waals surface area contributed by atoms with Gasteiger partial charge in [0.1, 0.15) is 0 Å². The first kappa shape index (κ1) is 15.7. The summed E-state index contributed by atoms with van der Waals surface area (Å²) in [5, 5.41) is 14.7. The minimum Gasteiger partial charge on any atom is -0.480 e. The number of hydrogen-bond donors (Lipinski definition) is 3. The zero-order valence-electron chi connectivity index (χ0n) is 12.9. The monoisotopic (exact) mass is 318 g/mol. The number of aliphatic carboxylic acids is 1. The van der Waals surface area contributed by atoms with E-state index in [1.807, 2.05) is 0 Å². The number of carboxylic acids is 1. The molecule has 2 amide bonds. The molecule has 1 aromatic heterocycles. The van der Waals surface area contributed by atoms with E-state index >= 15 is 0 Å². The van der Waals surface area contributed by atoms with Gasteiger partial charge in [0.05, 0.1) is 18.4 Å². The van der Waals surface area contributed by atoms with Crippen LogP contribution in [0.2, 0.25) is 0 Å². The molecule has 1 aromatic rings. The van der Waals surface area contributed by atoms with Crippen molar-refractivity contribution in [2.75, 3.05) is 18.4 Å². The molecule has 0 unspecified atom stereocenters. The van der Waals surface area contributed by atoms with Crippen LogP contribution in [0.25, 0.3) is 0 Å². The van der Waals surface area contributed by atoms with Gasteiger partial charge in [0, 0.05) is 24.8 Å². The molecule has 2 fully saturated rings. The molecule has 23 heavy (non-hydrogen) atoms. The van der Waals surface area contributed by atoms with Gasteiger partial charge in [0.25, 0.3) is 0 Å². The minimum atomic E-state index is -0.781. The smallest absolute Gasteiger partial charge is 0.319 e. The van der Waals surface area contributed by atoms with E-state index in [1.165, 1.54) is 12.8 Å². The number of nitrogens with zero attached hydrogens (tertiary/aromatic N) is 2. The first-order valence-corrected chi connectivity index (χ1v) is 8.03. The number of aromatic nitrogens is 1. The topological polar surface area (TPSA) is 94.6 Å². The van der Waals surface area contributed by atoms with Crippen molar-refractivity contribution in [3.05, 3.63) is 24.5 Å². The summed E-state index contributed by atoms with van der Waals surface area (Å²) >= 11 is 0. The molecule has 2 aliphatic rings. The number of hydrogen-bond acceptors (Lipinski definition) is 4. The summed E-state index contributed by atoms with van der Waals surface area (Å²) in [6.45, 7) is 0.960. The van der Waals surface area contributed by atoms with Gasteiger partial charge in [0.15, 0.2) is 0 Å². The standard InChI is InChI=1S/C16H22N4O3/c21-15(22)10-20(9-11-3-4-11)14-6-13(7-14)19-16(23)18-12-2-1-5-17-8-12/h1-2,5,8,11,13-14H,3-4,6-7,9-10H2,(H,21,22)(H2,18,19,23). The molecule has 1 heterocycles. The molecular formula is C16H22N4O3. The van der Waals surface area contributed by atoms with Crippen molar-refractivity contribution in [2.45, 2.75) is 37.8 Å². The Morgan fingerprint density at radius 2 is 2.13 bits per heavy atom. The van der Waals surface area contributed by atoms with E-state index in [1.54, 1.807) is 24.5 Å². The Morgan fingerprint density at radius 3 is 2.74 bits per heavy atom. The number of carboxylic acid groups (broad SMARTS) is 1. The zero-order valence-corrected chi connectivity index (χ0v) is 12.9. The molecule has 7 heteroatoms. The van der Waals surface area contributed by atoms with Crippen molar-refractivity contribution < 1.29 is 14.7 Å². The highest BCUT2D eigenvalue weighted by Gasteiger charge is 2.37. The van der Waals surface area contributed by atoms with Crippen LogP contribution >= 0.6 is 0 Å². The Labute approximate surface area is 135 Å². The van der Waals surface area contributed by atoms with E-state index in [0.717, 1.165) is 19.4 Å². The van der Waals surface area contributed by atoms with Gasteiger partial charge in [-0.25, -0.2) is 4.79 Å². The fourth-order valence-corrected chi connectivity index (χ4v) is 2.94. The van der Waals surface area contributed by atoms with Crippen LogP contribution in [0.5, 0.6) is 0 Å². The largest absolute Gasteiger partial charge is 0.480 e. The number of pyridine rings is 1. The highest BCUT2D eigenvalue weighted by atomic mass is 16.4. The van der Waals surface area contributed by atoms with Crippen molar-refractivity contribution in [3.8, 4) is 0 Å². The van der Waals surface area contributed by atoms with Crippen molar-refractivity contribution in [1.29, 1.82) is 0 Å². The van der Waals surface area contributed by atoms with Crippen molar-refractivity contribution in [3.63, 3.8) is 0 Å². The van der Waals surface area contributed by atoms with Gasteiger partial charge < -0.3 is 15.7 Å². The quantitative estimate of drug-likeness (QED) is 0.709. The third kappa shape index (κ3) is 4.66. The van der Waals surface area contributed by atoms with E-state index in [-0.39, 0.29) is 24.7 Å². The van der Waals surface area contributed by atoms with Crippen LogP contribution in [0.15, 0.2) is 24.5 Å². The number of carbonyl (C=O) groups is 2. The van der Waals surface area contributed by atoms with Crippen molar-refractivity contribution in [1.82, 2.24) is 15.2 Å². The van der Waals surface area contributed by atoms with Crippen LogP contribution in [0.1, 0.15) is 25.7 Å². The van der Waals surface area contributed by atoms with Gasteiger partial charge in [0.2, 0.25) is 0 Å². The second-order valence-corrected chi connectivity index (χ2v) is 6.43. The summed E-state index contributed by atoms with van der Waals surface area (Å²) in [6.07, 6.45) is 7.26. The molecule has 3 rings (SSSR count). The molecule has 3 N–H and O–H groups in total. The Balaban J connectivity index is 1.42. The zero-order chi connectivity index (χ0) is 16.2. The lowest BCUT2D eigenvalue weighted by Crippen LogP contribution is -2.55. The van der Waals surface area contributed by atoms with Crippen molar-refractivity contribution >= 4 is 17.7 Å². The Bertz CT molecular complexity index is 556. The normalized spacial score (nSPS) is 23.2. The minimum absolute atomic E-state index is 0.0930. The Morgan fingerprint density at radius 1 is 1.35 bits per heavy atom. The number of urea groups is 1. The van der Waals surface area contributed by atoms with Gasteiger partial charge in [-0.2, -0.15) is 0 Å². The Hall–Kier alpha value is -2.15. The van der Waals surface area contributed by atoms with Gasteiger partial charge in [-0.05, 0) is 43.7 Å². The molecular weight excluding hydrogens is 296 g/mol. The number of carbonyl (C=O) groups excluding carboxylic acids is 1. The second kappa shape index (κ2) is 6.95. The van der Waals surface area contributed by atoms with Crippen molar-refractivity contribution in [2.24, 2.45) is 5.92 Å². The summed E-state index contributed by atoms with van der Waals surface area (Å²) in [4.78, 5) is 28.9. The molecule has 0 saturated heterocycles. The number of rotatable bonds is 7. The maximum absolute atomic E-state index is 11.9. The first-order chi connectivity index (χ1) is 11.1. The lowest BCUT2D eigenvalue weighted by atomic mass is 9.85. The third-order valence-electron chi connectivity index (χ3n) is 4.41. The van der Waals surface area contributed by atoms with Gasteiger partial charge in [-0.3, -0.25) is 14.7 Å². The highest BCUT2D eigenvalue weighted by molar-refractivity contribution is 5.89.